The number of ether oxygens (including phenoxy) is 1. The van der Waals surface area contributed by atoms with Crippen molar-refractivity contribution in [2.45, 2.75) is 18.9 Å². The number of phenols is 1. The summed E-state index contributed by atoms with van der Waals surface area (Å²) < 4.78 is 5.24. The van der Waals surface area contributed by atoms with Crippen molar-refractivity contribution in [3.8, 4) is 5.75 Å². The van der Waals surface area contributed by atoms with Crippen LogP contribution in [0.2, 0.25) is 0 Å². The number of carboxylic acid groups (broad SMARTS) is 1. The van der Waals surface area contributed by atoms with E-state index in [4.69, 9.17) is 9.84 Å². The van der Waals surface area contributed by atoms with Crippen LogP contribution >= 0.6 is 0 Å². The number of amides is 1. The molecule has 1 amide bonds. The molecule has 0 aromatic heterocycles. The molecule has 1 aromatic rings. The molecule has 3 N–H and O–H groups in total. The summed E-state index contributed by atoms with van der Waals surface area (Å²) in [6, 6.07) is 6.47. The summed E-state index contributed by atoms with van der Waals surface area (Å²) in [7, 11) is 1.51. The maximum absolute atomic E-state index is 11.4. The van der Waals surface area contributed by atoms with Crippen molar-refractivity contribution in [2.24, 2.45) is 0 Å². The predicted molar refractivity (Wildman–Crippen MR) is 67.7 cm³/mol. The van der Waals surface area contributed by atoms with Crippen molar-refractivity contribution >= 4 is 11.9 Å². The maximum atomic E-state index is 11.4. The first-order valence-corrected chi connectivity index (χ1v) is 5.83. The molecule has 6 heteroatoms. The van der Waals surface area contributed by atoms with Crippen LogP contribution in [-0.4, -0.2) is 35.7 Å². The average Bonchev–Trinajstić information content (AvgIpc) is 2.39. The molecule has 0 aliphatic heterocycles. The molecule has 1 rings (SSSR count). The molecular formula is C13H17NO5. The molecule has 19 heavy (non-hydrogen) atoms. The smallest absolute Gasteiger partial charge is 0.303 e. The Morgan fingerprint density at radius 2 is 1.89 bits per heavy atom. The van der Waals surface area contributed by atoms with Gasteiger partial charge in [-0.1, -0.05) is 12.1 Å². The van der Waals surface area contributed by atoms with E-state index in [2.05, 4.69) is 5.32 Å². The van der Waals surface area contributed by atoms with E-state index < -0.39 is 5.97 Å². The highest BCUT2D eigenvalue weighted by Crippen LogP contribution is 2.18. The van der Waals surface area contributed by atoms with Gasteiger partial charge in [-0.2, -0.15) is 0 Å². The van der Waals surface area contributed by atoms with Crippen LogP contribution in [0, 0.1) is 0 Å². The van der Waals surface area contributed by atoms with Crippen LogP contribution in [0.15, 0.2) is 24.3 Å². The van der Waals surface area contributed by atoms with Gasteiger partial charge in [-0.3, -0.25) is 9.59 Å². The number of hydrogen-bond acceptors (Lipinski definition) is 4. The van der Waals surface area contributed by atoms with Gasteiger partial charge in [-0.25, -0.2) is 0 Å². The van der Waals surface area contributed by atoms with Gasteiger partial charge in [-0.05, 0) is 17.7 Å². The van der Waals surface area contributed by atoms with Crippen LogP contribution in [0.4, 0.5) is 0 Å². The Morgan fingerprint density at radius 3 is 2.42 bits per heavy atom. The molecule has 0 radical (unpaired) electrons. The first-order chi connectivity index (χ1) is 9.02. The second-order valence-corrected chi connectivity index (χ2v) is 4.01. The number of methoxy groups -OCH3 is 1. The van der Waals surface area contributed by atoms with E-state index in [1.165, 1.54) is 19.2 Å². The number of carbonyl (C=O) groups is 2. The number of hydrogen-bond donors (Lipinski definition) is 3. The van der Waals surface area contributed by atoms with Gasteiger partial charge in [-0.15, -0.1) is 0 Å². The Bertz CT molecular complexity index is 429. The summed E-state index contributed by atoms with van der Waals surface area (Å²) in [5, 5.41) is 20.3. The van der Waals surface area contributed by atoms with Crippen molar-refractivity contribution in [3.05, 3.63) is 29.8 Å². The Morgan fingerprint density at radius 1 is 1.26 bits per heavy atom. The van der Waals surface area contributed by atoms with Crippen molar-refractivity contribution in [1.82, 2.24) is 5.32 Å². The van der Waals surface area contributed by atoms with Crippen LogP contribution in [0.25, 0.3) is 0 Å². The van der Waals surface area contributed by atoms with Crippen LogP contribution in [-0.2, 0) is 14.3 Å². The van der Waals surface area contributed by atoms with Crippen LogP contribution in [0.5, 0.6) is 5.75 Å². The number of aromatic hydroxyl groups is 1. The fraction of sp³-hybridized carbons (Fsp3) is 0.385. The molecule has 1 atom stereocenters. The SMILES string of the molecule is CO[C@@H](CNC(=O)CCC(=O)O)c1ccc(O)cc1. The van der Waals surface area contributed by atoms with Gasteiger partial charge >= 0.3 is 5.97 Å². The minimum absolute atomic E-state index is 0.0542. The first kappa shape index (κ1) is 15.0. The van der Waals surface area contributed by atoms with E-state index >= 15 is 0 Å². The summed E-state index contributed by atoms with van der Waals surface area (Å²) in [5.74, 6) is -1.18. The molecule has 0 saturated heterocycles. The number of rotatable bonds is 7. The fourth-order valence-electron chi connectivity index (χ4n) is 1.54. The van der Waals surface area contributed by atoms with Gasteiger partial charge in [0.05, 0.1) is 12.5 Å². The first-order valence-electron chi connectivity index (χ1n) is 5.83. The minimum Gasteiger partial charge on any atom is -0.508 e. The lowest BCUT2D eigenvalue weighted by Crippen LogP contribution is -2.29. The number of benzene rings is 1. The Kier molecular flexibility index (Phi) is 5.81. The van der Waals surface area contributed by atoms with Gasteiger partial charge < -0.3 is 20.3 Å². The molecule has 0 saturated carbocycles. The normalized spacial score (nSPS) is 11.8. The highest BCUT2D eigenvalue weighted by Gasteiger charge is 2.12. The van der Waals surface area contributed by atoms with E-state index in [0.29, 0.717) is 0 Å². The van der Waals surface area contributed by atoms with E-state index in [-0.39, 0.29) is 37.1 Å². The number of phenolic OH excluding ortho intramolecular Hbond substituents is 1. The lowest BCUT2D eigenvalue weighted by atomic mass is 10.1. The minimum atomic E-state index is -1.00. The fourth-order valence-corrected chi connectivity index (χ4v) is 1.54. The van der Waals surface area contributed by atoms with Crippen LogP contribution in [0.1, 0.15) is 24.5 Å². The standard InChI is InChI=1S/C13H17NO5/c1-19-11(9-2-4-10(15)5-3-9)8-14-12(16)6-7-13(17)18/h2-5,11,15H,6-8H2,1H3,(H,14,16)(H,17,18)/t11-/m0/s1. The maximum Gasteiger partial charge on any atom is 0.303 e. The Balaban J connectivity index is 2.46. The highest BCUT2D eigenvalue weighted by molar-refractivity contribution is 5.80. The third-order valence-corrected chi connectivity index (χ3v) is 2.60. The lowest BCUT2D eigenvalue weighted by Gasteiger charge is -2.16. The van der Waals surface area contributed by atoms with E-state index in [1.807, 2.05) is 0 Å². The molecule has 0 fully saturated rings. The molecule has 1 aromatic carbocycles. The van der Waals surface area contributed by atoms with Crippen molar-refractivity contribution < 1.29 is 24.5 Å². The van der Waals surface area contributed by atoms with Crippen molar-refractivity contribution in [1.29, 1.82) is 0 Å². The van der Waals surface area contributed by atoms with Crippen molar-refractivity contribution in [2.75, 3.05) is 13.7 Å². The summed E-state index contributed by atoms with van der Waals surface area (Å²) in [5.41, 5.74) is 0.818. The van der Waals surface area contributed by atoms with Gasteiger partial charge in [0.1, 0.15) is 5.75 Å². The third kappa shape index (κ3) is 5.39. The monoisotopic (exact) mass is 267 g/mol. The topological polar surface area (TPSA) is 95.9 Å². The Hall–Kier alpha value is -2.08. The zero-order chi connectivity index (χ0) is 14.3. The molecule has 0 spiro atoms. The molecule has 0 heterocycles. The molecule has 0 bridgehead atoms. The second-order valence-electron chi connectivity index (χ2n) is 4.01. The number of carbonyl (C=O) groups excluding carboxylic acids is 1. The molecule has 0 aliphatic rings. The Labute approximate surface area is 111 Å². The van der Waals surface area contributed by atoms with E-state index in [0.717, 1.165) is 5.56 Å². The molecule has 0 unspecified atom stereocenters. The zero-order valence-corrected chi connectivity index (χ0v) is 10.6. The van der Waals surface area contributed by atoms with E-state index in [1.54, 1.807) is 12.1 Å². The van der Waals surface area contributed by atoms with Gasteiger partial charge in [0.25, 0.3) is 0 Å². The van der Waals surface area contributed by atoms with E-state index in [9.17, 15) is 14.7 Å². The second kappa shape index (κ2) is 7.38. The third-order valence-electron chi connectivity index (χ3n) is 2.60. The molecule has 104 valence electrons. The summed E-state index contributed by atoms with van der Waals surface area (Å²) in [4.78, 5) is 21.7. The molecule has 0 aliphatic carbocycles. The van der Waals surface area contributed by atoms with Gasteiger partial charge in [0.15, 0.2) is 0 Å². The summed E-state index contributed by atoms with van der Waals surface area (Å²) in [6.07, 6.45) is -0.585. The highest BCUT2D eigenvalue weighted by atomic mass is 16.5. The van der Waals surface area contributed by atoms with Gasteiger partial charge in [0.2, 0.25) is 5.91 Å². The quantitative estimate of drug-likeness (QED) is 0.686. The number of nitrogens with one attached hydrogen (secondary N) is 1. The number of aliphatic carboxylic acids is 1. The van der Waals surface area contributed by atoms with Gasteiger partial charge in [0, 0.05) is 20.1 Å². The summed E-state index contributed by atoms with van der Waals surface area (Å²) in [6.45, 7) is 0.250. The zero-order valence-electron chi connectivity index (χ0n) is 10.6. The predicted octanol–water partition coefficient (Wildman–Crippen LogP) is 1.06. The summed E-state index contributed by atoms with van der Waals surface area (Å²) >= 11 is 0. The molecule has 6 nitrogen and oxygen atoms in total. The molecular weight excluding hydrogens is 250 g/mol. The largest absolute Gasteiger partial charge is 0.508 e. The lowest BCUT2D eigenvalue weighted by molar-refractivity contribution is -0.138. The van der Waals surface area contributed by atoms with Crippen LogP contribution < -0.4 is 5.32 Å². The van der Waals surface area contributed by atoms with Crippen LogP contribution in [0.3, 0.4) is 0 Å². The average molecular weight is 267 g/mol. The number of carboxylic acids is 1. The van der Waals surface area contributed by atoms with Crippen molar-refractivity contribution in [3.63, 3.8) is 0 Å².